The predicted molar refractivity (Wildman–Crippen MR) is 46.7 cm³/mol. The summed E-state index contributed by atoms with van der Waals surface area (Å²) in [5.41, 5.74) is 0.451. The van der Waals surface area contributed by atoms with E-state index in [1.54, 1.807) is 0 Å². The maximum absolute atomic E-state index is 12.8. The maximum atomic E-state index is 12.8. The molecule has 1 aromatic rings. The molecule has 0 fully saturated rings. The van der Waals surface area contributed by atoms with Crippen LogP contribution in [0.2, 0.25) is 0 Å². The van der Waals surface area contributed by atoms with Crippen molar-refractivity contribution in [2.75, 3.05) is 7.11 Å². The van der Waals surface area contributed by atoms with Gasteiger partial charge in [0.15, 0.2) is 0 Å². The molecule has 0 saturated heterocycles. The lowest BCUT2D eigenvalue weighted by Gasteiger charge is -2.01. The number of carbonyl (C=O) groups is 1. The van der Waals surface area contributed by atoms with Crippen molar-refractivity contribution in [2.24, 2.45) is 0 Å². The Morgan fingerprint density at radius 2 is 2.23 bits per heavy atom. The molecule has 0 aliphatic carbocycles. The van der Waals surface area contributed by atoms with Crippen LogP contribution in [0.4, 0.5) is 4.39 Å². The van der Waals surface area contributed by atoms with Crippen molar-refractivity contribution in [1.29, 1.82) is 0 Å². The van der Waals surface area contributed by atoms with Crippen molar-refractivity contribution in [2.45, 2.75) is 0 Å². The summed E-state index contributed by atoms with van der Waals surface area (Å²) in [5.74, 6) is -1.18. The van der Waals surface area contributed by atoms with Gasteiger partial charge in [-0.15, -0.1) is 0 Å². The van der Waals surface area contributed by atoms with Crippen molar-refractivity contribution < 1.29 is 18.9 Å². The Morgan fingerprint density at radius 1 is 1.54 bits per heavy atom. The molecule has 1 aromatic carbocycles. The number of halogens is 1. The van der Waals surface area contributed by atoms with E-state index in [0.717, 1.165) is 12.1 Å². The van der Waals surface area contributed by atoms with Gasteiger partial charge < -0.3 is 9.76 Å². The molecule has 3 nitrogen and oxygen atoms in total. The molecular formula is C8H8BFO3. The monoisotopic (exact) mass is 182 g/mol. The third-order valence-corrected chi connectivity index (χ3v) is 1.56. The van der Waals surface area contributed by atoms with Crippen LogP contribution in [0, 0.1) is 5.82 Å². The standard InChI is InChI=1S/C8H8BFO3/c1-13-8(11)5-2-6(9-12)4-7(10)3-5/h2-4,9,12H,1H3. The van der Waals surface area contributed by atoms with E-state index in [2.05, 4.69) is 4.74 Å². The van der Waals surface area contributed by atoms with Crippen LogP contribution >= 0.6 is 0 Å². The topological polar surface area (TPSA) is 46.5 Å². The minimum atomic E-state index is -0.616. The molecule has 0 saturated carbocycles. The first-order valence-electron chi connectivity index (χ1n) is 3.66. The van der Waals surface area contributed by atoms with E-state index < -0.39 is 11.8 Å². The first-order valence-corrected chi connectivity index (χ1v) is 3.66. The Labute approximate surface area is 75.4 Å². The summed E-state index contributed by atoms with van der Waals surface area (Å²) in [5, 5.41) is 8.72. The summed E-state index contributed by atoms with van der Waals surface area (Å²) in [6.45, 7) is 0. The number of methoxy groups -OCH3 is 1. The highest BCUT2D eigenvalue weighted by atomic mass is 19.1. The highest BCUT2D eigenvalue weighted by molar-refractivity contribution is 6.45. The largest absolute Gasteiger partial charge is 0.465 e. The van der Waals surface area contributed by atoms with Gasteiger partial charge in [-0.25, -0.2) is 9.18 Å². The molecule has 0 aromatic heterocycles. The minimum Gasteiger partial charge on any atom is -0.465 e. The third-order valence-electron chi connectivity index (χ3n) is 1.56. The SMILES string of the molecule is COC(=O)c1cc(F)cc(BO)c1. The molecule has 1 N–H and O–H groups in total. The van der Waals surface area contributed by atoms with Crippen LogP contribution in [0.5, 0.6) is 0 Å². The Kier molecular flexibility index (Phi) is 3.03. The van der Waals surface area contributed by atoms with Crippen molar-refractivity contribution in [3.63, 3.8) is 0 Å². The summed E-state index contributed by atoms with van der Waals surface area (Å²) >= 11 is 0. The van der Waals surface area contributed by atoms with Gasteiger partial charge in [0, 0.05) is 0 Å². The van der Waals surface area contributed by atoms with Crippen LogP contribution in [0.1, 0.15) is 10.4 Å². The lowest BCUT2D eigenvalue weighted by molar-refractivity contribution is 0.0600. The van der Waals surface area contributed by atoms with Gasteiger partial charge in [-0.05, 0) is 17.6 Å². The van der Waals surface area contributed by atoms with Crippen LogP contribution in [-0.2, 0) is 4.74 Å². The van der Waals surface area contributed by atoms with Gasteiger partial charge >= 0.3 is 13.5 Å². The summed E-state index contributed by atoms with van der Waals surface area (Å²) in [7, 11) is 0.910. The van der Waals surface area contributed by atoms with E-state index in [9.17, 15) is 9.18 Å². The Bertz CT molecular complexity index is 327. The van der Waals surface area contributed by atoms with Gasteiger partial charge in [0.1, 0.15) is 5.82 Å². The van der Waals surface area contributed by atoms with E-state index in [1.807, 2.05) is 0 Å². The molecule has 13 heavy (non-hydrogen) atoms. The van der Waals surface area contributed by atoms with E-state index in [-0.39, 0.29) is 13.0 Å². The minimum absolute atomic E-state index is 0.103. The third kappa shape index (κ3) is 2.29. The maximum Gasteiger partial charge on any atom is 0.337 e. The Hall–Kier alpha value is -1.36. The Balaban J connectivity index is 3.08. The molecule has 0 radical (unpaired) electrons. The van der Waals surface area contributed by atoms with Gasteiger partial charge in [0.05, 0.1) is 12.7 Å². The molecule has 0 bridgehead atoms. The fourth-order valence-electron chi connectivity index (χ4n) is 0.977. The quantitative estimate of drug-likeness (QED) is 0.499. The van der Waals surface area contributed by atoms with E-state index in [1.165, 1.54) is 13.2 Å². The van der Waals surface area contributed by atoms with Crippen LogP contribution in [0.25, 0.3) is 0 Å². The number of ether oxygens (including phenoxy) is 1. The van der Waals surface area contributed by atoms with Crippen molar-refractivity contribution in [3.05, 3.63) is 29.6 Å². The molecule has 0 heterocycles. The van der Waals surface area contributed by atoms with E-state index in [4.69, 9.17) is 5.02 Å². The molecule has 0 atom stereocenters. The van der Waals surface area contributed by atoms with Gasteiger partial charge in [0.2, 0.25) is 0 Å². The molecule has 0 unspecified atom stereocenters. The molecule has 0 amide bonds. The summed E-state index contributed by atoms with van der Waals surface area (Å²) in [6, 6.07) is 3.60. The number of esters is 1. The smallest absolute Gasteiger partial charge is 0.337 e. The number of benzene rings is 1. The number of hydrogen-bond donors (Lipinski definition) is 1. The fourth-order valence-corrected chi connectivity index (χ4v) is 0.977. The molecule has 0 spiro atoms. The van der Waals surface area contributed by atoms with Gasteiger partial charge in [-0.1, -0.05) is 6.07 Å². The van der Waals surface area contributed by atoms with E-state index >= 15 is 0 Å². The summed E-state index contributed by atoms with van der Waals surface area (Å²) in [4.78, 5) is 11.0. The van der Waals surface area contributed by atoms with Crippen LogP contribution in [0.15, 0.2) is 18.2 Å². The fraction of sp³-hybridized carbons (Fsp3) is 0.125. The normalized spacial score (nSPS) is 9.46. The highest BCUT2D eigenvalue weighted by Gasteiger charge is 2.08. The molecular weight excluding hydrogens is 174 g/mol. The zero-order valence-electron chi connectivity index (χ0n) is 7.08. The second-order valence-electron chi connectivity index (χ2n) is 2.50. The number of carbonyl (C=O) groups excluding carboxylic acids is 1. The van der Waals surface area contributed by atoms with Crippen LogP contribution in [-0.4, -0.2) is 25.6 Å². The van der Waals surface area contributed by atoms with Crippen molar-refractivity contribution in [3.8, 4) is 0 Å². The van der Waals surface area contributed by atoms with Crippen molar-refractivity contribution >= 4 is 18.9 Å². The first kappa shape index (κ1) is 9.73. The molecule has 0 aliphatic heterocycles. The van der Waals surface area contributed by atoms with Crippen LogP contribution < -0.4 is 5.46 Å². The lowest BCUT2D eigenvalue weighted by Crippen LogP contribution is -2.16. The van der Waals surface area contributed by atoms with Gasteiger partial charge in [-0.3, -0.25) is 0 Å². The van der Waals surface area contributed by atoms with Crippen molar-refractivity contribution in [1.82, 2.24) is 0 Å². The van der Waals surface area contributed by atoms with E-state index in [0.29, 0.717) is 5.46 Å². The zero-order chi connectivity index (χ0) is 9.84. The lowest BCUT2D eigenvalue weighted by atomic mass is 9.87. The predicted octanol–water partition coefficient (Wildman–Crippen LogP) is -0.419. The second-order valence-corrected chi connectivity index (χ2v) is 2.50. The molecule has 68 valence electrons. The zero-order valence-corrected chi connectivity index (χ0v) is 7.08. The number of hydrogen-bond acceptors (Lipinski definition) is 3. The second kappa shape index (κ2) is 4.05. The average Bonchev–Trinajstić information content (AvgIpc) is 2.15. The molecule has 0 aliphatic rings. The summed E-state index contributed by atoms with van der Waals surface area (Å²) < 4.78 is 17.2. The van der Waals surface area contributed by atoms with Gasteiger partial charge in [0.25, 0.3) is 0 Å². The van der Waals surface area contributed by atoms with Gasteiger partial charge in [-0.2, -0.15) is 0 Å². The summed E-state index contributed by atoms with van der Waals surface area (Å²) in [6.07, 6.45) is 0. The number of rotatable bonds is 2. The average molecular weight is 182 g/mol. The first-order chi connectivity index (χ1) is 6.17. The highest BCUT2D eigenvalue weighted by Crippen LogP contribution is 2.02. The van der Waals surface area contributed by atoms with Crippen LogP contribution in [0.3, 0.4) is 0 Å². The molecule has 5 heteroatoms. The Morgan fingerprint density at radius 3 is 2.77 bits per heavy atom. The molecule has 1 rings (SSSR count).